The van der Waals surface area contributed by atoms with Crippen LogP contribution in [-0.4, -0.2) is 42.5 Å². The summed E-state index contributed by atoms with van der Waals surface area (Å²) in [4.78, 5) is 35.9. The average molecular weight is 386 g/mol. The van der Waals surface area contributed by atoms with Crippen LogP contribution in [0.3, 0.4) is 0 Å². The first kappa shape index (κ1) is 18.9. The second kappa shape index (κ2) is 7.78. The monoisotopic (exact) mass is 386 g/mol. The second-order valence-electron chi connectivity index (χ2n) is 5.94. The third kappa shape index (κ3) is 3.92. The van der Waals surface area contributed by atoms with Crippen LogP contribution in [0.5, 0.6) is 0 Å². The number of hydrogen-bond donors (Lipinski definition) is 3. The number of nitrogens with zero attached hydrogens (tertiary/aromatic N) is 4. The molecule has 0 radical (unpaired) electrons. The zero-order valence-corrected chi connectivity index (χ0v) is 15.1. The first-order valence-electron chi connectivity index (χ1n) is 8.28. The Labute approximate surface area is 158 Å². The number of carbonyl (C=O) groups is 3. The molecule has 0 aliphatic rings. The van der Waals surface area contributed by atoms with Crippen LogP contribution in [0.1, 0.15) is 39.7 Å². The Kier molecular flexibility index (Phi) is 5.25. The van der Waals surface area contributed by atoms with Gasteiger partial charge in [-0.1, -0.05) is 0 Å². The highest BCUT2D eigenvalue weighted by molar-refractivity contribution is 6.03. The molecule has 11 nitrogen and oxygen atoms in total. The minimum absolute atomic E-state index is 0.166. The zero-order valence-electron chi connectivity index (χ0n) is 15.1. The summed E-state index contributed by atoms with van der Waals surface area (Å²) in [6.45, 7) is 1.74. The molecule has 0 bridgehead atoms. The Morgan fingerprint density at radius 1 is 1.32 bits per heavy atom. The van der Waals surface area contributed by atoms with Crippen molar-refractivity contribution in [2.45, 2.75) is 19.5 Å². The van der Waals surface area contributed by atoms with Crippen molar-refractivity contribution in [1.29, 1.82) is 0 Å². The van der Waals surface area contributed by atoms with Gasteiger partial charge in [0.15, 0.2) is 5.69 Å². The SMILES string of the molecule is CC(C(=O)Nc1cnn(C)c1C(=O)NCc1ccco1)n1ccc(C(=O)O)n1. The number of aromatic nitrogens is 4. The van der Waals surface area contributed by atoms with Crippen LogP contribution in [0.4, 0.5) is 5.69 Å². The molecule has 3 rings (SSSR count). The summed E-state index contributed by atoms with van der Waals surface area (Å²) >= 11 is 0. The van der Waals surface area contributed by atoms with E-state index in [4.69, 9.17) is 9.52 Å². The molecule has 0 spiro atoms. The molecule has 28 heavy (non-hydrogen) atoms. The molecule has 0 aliphatic carbocycles. The molecule has 3 aromatic heterocycles. The van der Waals surface area contributed by atoms with Crippen molar-refractivity contribution in [2.75, 3.05) is 5.32 Å². The maximum absolute atomic E-state index is 12.5. The number of aromatic carboxylic acids is 1. The highest BCUT2D eigenvalue weighted by atomic mass is 16.4. The smallest absolute Gasteiger partial charge is 0.356 e. The van der Waals surface area contributed by atoms with Gasteiger partial charge >= 0.3 is 5.97 Å². The van der Waals surface area contributed by atoms with E-state index in [0.29, 0.717) is 5.76 Å². The van der Waals surface area contributed by atoms with E-state index in [9.17, 15) is 14.4 Å². The van der Waals surface area contributed by atoms with Gasteiger partial charge in [0.25, 0.3) is 5.91 Å². The Morgan fingerprint density at radius 2 is 2.11 bits per heavy atom. The third-order valence-electron chi connectivity index (χ3n) is 4.02. The van der Waals surface area contributed by atoms with Crippen LogP contribution < -0.4 is 10.6 Å². The molecule has 0 fully saturated rings. The fraction of sp³-hybridized carbons (Fsp3) is 0.235. The molecule has 1 atom stereocenters. The Balaban J connectivity index is 1.70. The van der Waals surface area contributed by atoms with E-state index in [1.807, 2.05) is 0 Å². The highest BCUT2D eigenvalue weighted by Gasteiger charge is 2.23. The van der Waals surface area contributed by atoms with E-state index >= 15 is 0 Å². The molecular weight excluding hydrogens is 368 g/mol. The Morgan fingerprint density at radius 3 is 2.75 bits per heavy atom. The maximum atomic E-state index is 12.5. The van der Waals surface area contributed by atoms with E-state index in [-0.39, 0.29) is 23.6 Å². The molecular formula is C17H18N6O5. The zero-order chi connectivity index (χ0) is 20.3. The van der Waals surface area contributed by atoms with Gasteiger partial charge in [-0.2, -0.15) is 10.2 Å². The molecule has 0 aromatic carbocycles. The van der Waals surface area contributed by atoms with E-state index in [0.717, 1.165) is 0 Å². The summed E-state index contributed by atoms with van der Waals surface area (Å²) in [5.74, 6) is -1.52. The van der Waals surface area contributed by atoms with Crippen LogP contribution in [0.25, 0.3) is 0 Å². The molecule has 3 heterocycles. The summed E-state index contributed by atoms with van der Waals surface area (Å²) in [5, 5.41) is 22.1. The Hall–Kier alpha value is -3.89. The quantitative estimate of drug-likeness (QED) is 0.550. The van der Waals surface area contributed by atoms with E-state index < -0.39 is 23.8 Å². The minimum atomic E-state index is -1.19. The summed E-state index contributed by atoms with van der Waals surface area (Å²) in [6.07, 6.45) is 4.26. The number of carbonyl (C=O) groups excluding carboxylic acids is 2. The predicted molar refractivity (Wildman–Crippen MR) is 95.6 cm³/mol. The minimum Gasteiger partial charge on any atom is -0.476 e. The number of carboxylic acids is 1. The topological polar surface area (TPSA) is 144 Å². The lowest BCUT2D eigenvalue weighted by Crippen LogP contribution is -2.28. The highest BCUT2D eigenvalue weighted by Crippen LogP contribution is 2.17. The Bertz CT molecular complexity index is 1000. The summed E-state index contributed by atoms with van der Waals surface area (Å²) in [5.41, 5.74) is 0.222. The van der Waals surface area contributed by atoms with Crippen LogP contribution >= 0.6 is 0 Å². The molecule has 3 N–H and O–H groups in total. The number of nitrogens with one attached hydrogen (secondary N) is 2. The molecule has 2 amide bonds. The van der Waals surface area contributed by atoms with Gasteiger partial charge in [0.2, 0.25) is 5.91 Å². The first-order valence-corrected chi connectivity index (χ1v) is 8.28. The number of aryl methyl sites for hydroxylation is 1. The molecule has 0 saturated carbocycles. The summed E-state index contributed by atoms with van der Waals surface area (Å²) < 4.78 is 7.74. The fourth-order valence-electron chi connectivity index (χ4n) is 2.49. The molecule has 1 unspecified atom stereocenters. The molecule has 146 valence electrons. The van der Waals surface area contributed by atoms with Gasteiger partial charge in [-0.3, -0.25) is 19.0 Å². The van der Waals surface area contributed by atoms with E-state index in [2.05, 4.69) is 20.8 Å². The van der Waals surface area contributed by atoms with Crippen molar-refractivity contribution in [3.63, 3.8) is 0 Å². The number of furan rings is 1. The molecule has 3 aromatic rings. The van der Waals surface area contributed by atoms with Crippen LogP contribution in [0.2, 0.25) is 0 Å². The van der Waals surface area contributed by atoms with Gasteiger partial charge in [0, 0.05) is 13.2 Å². The van der Waals surface area contributed by atoms with Gasteiger partial charge in [-0.05, 0) is 25.1 Å². The third-order valence-corrected chi connectivity index (χ3v) is 4.02. The van der Waals surface area contributed by atoms with E-state index in [1.54, 1.807) is 26.1 Å². The van der Waals surface area contributed by atoms with Crippen LogP contribution in [-0.2, 0) is 18.4 Å². The van der Waals surface area contributed by atoms with Gasteiger partial charge in [-0.25, -0.2) is 4.79 Å². The van der Waals surface area contributed by atoms with E-state index in [1.165, 1.54) is 34.1 Å². The van der Waals surface area contributed by atoms with Gasteiger partial charge in [0.05, 0.1) is 24.7 Å². The van der Waals surface area contributed by atoms with Crippen molar-refractivity contribution in [2.24, 2.45) is 7.05 Å². The number of rotatable bonds is 7. The van der Waals surface area contributed by atoms with Crippen LogP contribution in [0.15, 0.2) is 41.3 Å². The number of amides is 2. The lowest BCUT2D eigenvalue weighted by molar-refractivity contribution is -0.119. The number of carboxylic acid groups (broad SMARTS) is 1. The summed E-state index contributed by atoms with van der Waals surface area (Å²) in [6, 6.07) is 3.93. The van der Waals surface area contributed by atoms with Crippen molar-refractivity contribution >= 4 is 23.5 Å². The largest absolute Gasteiger partial charge is 0.476 e. The molecule has 0 aliphatic heterocycles. The fourth-order valence-corrected chi connectivity index (χ4v) is 2.49. The van der Waals surface area contributed by atoms with Gasteiger partial charge in [0.1, 0.15) is 17.5 Å². The van der Waals surface area contributed by atoms with Crippen LogP contribution in [0, 0.1) is 0 Å². The number of anilines is 1. The maximum Gasteiger partial charge on any atom is 0.356 e. The normalized spacial score (nSPS) is 11.8. The standard InChI is InChI=1S/C17H18N6O5/c1-10(23-6-5-12(21-23)17(26)27)15(24)20-13-9-19-22(2)14(13)16(25)18-8-11-4-3-7-28-11/h3-7,9-10H,8H2,1-2H3,(H,18,25)(H,20,24)(H,26,27). The van der Waals surface area contributed by atoms with Crippen molar-refractivity contribution < 1.29 is 23.9 Å². The first-order chi connectivity index (χ1) is 13.4. The van der Waals surface area contributed by atoms with Crippen molar-refractivity contribution in [1.82, 2.24) is 24.9 Å². The second-order valence-corrected chi connectivity index (χ2v) is 5.94. The predicted octanol–water partition coefficient (Wildman–Crippen LogP) is 1.04. The molecule has 11 heteroatoms. The number of hydrogen-bond acceptors (Lipinski definition) is 6. The van der Waals surface area contributed by atoms with Gasteiger partial charge < -0.3 is 20.2 Å². The van der Waals surface area contributed by atoms with Crippen molar-refractivity contribution in [3.8, 4) is 0 Å². The summed E-state index contributed by atoms with van der Waals surface area (Å²) in [7, 11) is 1.58. The molecule has 0 saturated heterocycles. The lowest BCUT2D eigenvalue weighted by Gasteiger charge is -2.13. The van der Waals surface area contributed by atoms with Gasteiger partial charge in [-0.15, -0.1) is 0 Å². The van der Waals surface area contributed by atoms with Crippen molar-refractivity contribution in [3.05, 3.63) is 54.0 Å². The lowest BCUT2D eigenvalue weighted by atomic mass is 10.2. The average Bonchev–Trinajstić information content (AvgIpc) is 3.40.